The van der Waals surface area contributed by atoms with Crippen molar-refractivity contribution in [2.24, 2.45) is 21.7 Å². The quantitative estimate of drug-likeness (QED) is 0.500. The molecule has 0 saturated heterocycles. The van der Waals surface area contributed by atoms with Crippen molar-refractivity contribution < 1.29 is 19.4 Å². The van der Waals surface area contributed by atoms with Crippen molar-refractivity contribution in [2.45, 2.75) is 81.1 Å². The maximum atomic E-state index is 11.8. The minimum absolute atomic E-state index is 0.0213. The van der Waals surface area contributed by atoms with Crippen molar-refractivity contribution in [3.63, 3.8) is 0 Å². The van der Waals surface area contributed by atoms with Gasteiger partial charge >= 0.3 is 11.9 Å². The lowest BCUT2D eigenvalue weighted by molar-refractivity contribution is -0.259. The molecule has 0 rings (SSSR count). The Labute approximate surface area is 157 Å². The van der Waals surface area contributed by atoms with Crippen LogP contribution in [0.25, 0.3) is 0 Å². The lowest BCUT2D eigenvalue weighted by Crippen LogP contribution is -2.32. The van der Waals surface area contributed by atoms with E-state index in [0.29, 0.717) is 12.8 Å². The number of nitrogens with zero attached hydrogens (tertiary/aromatic N) is 2. The van der Waals surface area contributed by atoms with E-state index in [9.17, 15) is 20.1 Å². The Hall–Kier alpha value is -2.08. The van der Waals surface area contributed by atoms with Crippen molar-refractivity contribution in [1.29, 1.82) is 10.5 Å². The van der Waals surface area contributed by atoms with E-state index in [1.807, 2.05) is 41.5 Å². The zero-order valence-electron chi connectivity index (χ0n) is 17.4. The Balaban J connectivity index is 4.48. The van der Waals surface area contributed by atoms with Crippen molar-refractivity contribution in [3.05, 3.63) is 0 Å². The molecule has 0 aromatic rings. The van der Waals surface area contributed by atoms with Crippen LogP contribution in [0.1, 0.15) is 81.1 Å². The van der Waals surface area contributed by atoms with Gasteiger partial charge in [-0.1, -0.05) is 41.5 Å². The highest BCUT2D eigenvalue weighted by Crippen LogP contribution is 2.42. The molecule has 0 heterocycles. The van der Waals surface area contributed by atoms with Gasteiger partial charge in [0.15, 0.2) is 0 Å². The molecule has 26 heavy (non-hydrogen) atoms. The summed E-state index contributed by atoms with van der Waals surface area (Å²) in [5, 5.41) is 18.7. The van der Waals surface area contributed by atoms with Crippen LogP contribution in [0.5, 0.6) is 0 Å². The molecule has 2 atom stereocenters. The molecule has 0 radical (unpaired) electrons. The minimum Gasteiger partial charge on any atom is -0.247 e. The van der Waals surface area contributed by atoms with Crippen LogP contribution in [0, 0.1) is 44.3 Å². The van der Waals surface area contributed by atoms with Gasteiger partial charge in [-0.25, -0.2) is 19.4 Å². The number of rotatable bonds is 6. The van der Waals surface area contributed by atoms with Gasteiger partial charge in [-0.3, -0.25) is 0 Å². The third-order valence-corrected chi connectivity index (χ3v) is 5.69. The smallest absolute Gasteiger partial charge is 0.247 e. The average Bonchev–Trinajstić information content (AvgIpc) is 2.53. The van der Waals surface area contributed by atoms with Crippen molar-refractivity contribution >= 4 is 11.9 Å². The van der Waals surface area contributed by atoms with Gasteiger partial charge in [-0.15, -0.1) is 0 Å². The molecule has 0 aliphatic heterocycles. The molecule has 6 heteroatoms. The van der Waals surface area contributed by atoms with Gasteiger partial charge in [0.2, 0.25) is 0 Å². The van der Waals surface area contributed by atoms with E-state index in [0.717, 1.165) is 0 Å². The van der Waals surface area contributed by atoms with E-state index in [1.54, 1.807) is 13.8 Å². The fourth-order valence-electron chi connectivity index (χ4n) is 2.08. The van der Waals surface area contributed by atoms with Crippen LogP contribution >= 0.6 is 0 Å². The van der Waals surface area contributed by atoms with E-state index >= 15 is 0 Å². The summed E-state index contributed by atoms with van der Waals surface area (Å²) in [4.78, 5) is 32.7. The molecule has 0 saturated carbocycles. The Bertz CT molecular complexity index is 547. The monoisotopic (exact) mass is 364 g/mol. The van der Waals surface area contributed by atoms with Gasteiger partial charge in [0.25, 0.3) is 0 Å². The third-order valence-electron chi connectivity index (χ3n) is 5.69. The van der Waals surface area contributed by atoms with Crippen LogP contribution in [-0.2, 0) is 19.4 Å². The Morgan fingerprint density at radius 2 is 0.962 bits per heavy atom. The summed E-state index contributed by atoms with van der Waals surface area (Å²) in [6.45, 7) is 15.2. The van der Waals surface area contributed by atoms with Gasteiger partial charge in [0, 0.05) is 0 Å². The third kappa shape index (κ3) is 6.33. The van der Waals surface area contributed by atoms with Crippen molar-refractivity contribution in [1.82, 2.24) is 0 Å². The lowest BCUT2D eigenvalue weighted by Gasteiger charge is -2.35. The molecular formula is C20H32N2O4. The van der Waals surface area contributed by atoms with Crippen LogP contribution in [0.15, 0.2) is 0 Å². The second-order valence-corrected chi connectivity index (χ2v) is 9.30. The summed E-state index contributed by atoms with van der Waals surface area (Å²) in [6, 6.07) is 4.50. The highest BCUT2D eigenvalue weighted by Gasteiger charge is 2.39. The largest absolute Gasteiger partial charge is 0.355 e. The zero-order chi connectivity index (χ0) is 20.8. The molecule has 0 aromatic carbocycles. The Kier molecular flexibility index (Phi) is 7.85. The zero-order valence-corrected chi connectivity index (χ0v) is 17.4. The summed E-state index contributed by atoms with van der Waals surface area (Å²) in [6.07, 6.45) is 0.568. The first-order valence-electron chi connectivity index (χ1n) is 8.84. The van der Waals surface area contributed by atoms with Gasteiger partial charge in [0.05, 0.1) is 35.8 Å². The van der Waals surface area contributed by atoms with Crippen LogP contribution in [0.3, 0.4) is 0 Å². The maximum absolute atomic E-state index is 11.8. The molecular weight excluding hydrogens is 332 g/mol. The predicted octanol–water partition coefficient (Wildman–Crippen LogP) is 4.70. The van der Waals surface area contributed by atoms with E-state index in [1.165, 1.54) is 0 Å². The highest BCUT2D eigenvalue weighted by atomic mass is 17.2. The van der Waals surface area contributed by atoms with Crippen LogP contribution in [0.4, 0.5) is 0 Å². The number of carbonyl (C=O) groups is 2. The summed E-state index contributed by atoms with van der Waals surface area (Å²) in [5.41, 5.74) is -1.99. The normalized spacial score (nSPS) is 16.4. The number of carbonyl (C=O) groups excluding carboxylic acids is 2. The molecule has 0 aliphatic rings. The second-order valence-electron chi connectivity index (χ2n) is 9.30. The minimum atomic E-state index is -0.697. The summed E-state index contributed by atoms with van der Waals surface area (Å²) in [7, 11) is 0. The summed E-state index contributed by atoms with van der Waals surface area (Å²) in [5.74, 6) is -1.38. The summed E-state index contributed by atoms with van der Waals surface area (Å²) >= 11 is 0. The number of hydrogen-bond acceptors (Lipinski definition) is 6. The maximum Gasteiger partial charge on any atom is 0.355 e. The average molecular weight is 364 g/mol. The molecule has 0 bridgehead atoms. The van der Waals surface area contributed by atoms with Crippen molar-refractivity contribution in [2.75, 3.05) is 0 Å². The van der Waals surface area contributed by atoms with Crippen LogP contribution in [0.2, 0.25) is 0 Å². The molecule has 6 nitrogen and oxygen atoms in total. The summed E-state index contributed by atoms with van der Waals surface area (Å²) < 4.78 is 0. The fourth-order valence-corrected chi connectivity index (χ4v) is 2.08. The SMILES string of the molecule is CC(C)(C)C(C)(C#N)CCC(=O)OOC(=O)CCC(C)(C#N)C(C)(C)C. The molecule has 0 aliphatic carbocycles. The molecule has 2 unspecified atom stereocenters. The van der Waals surface area contributed by atoms with Crippen LogP contribution < -0.4 is 0 Å². The molecule has 0 N–H and O–H groups in total. The predicted molar refractivity (Wildman–Crippen MR) is 97.0 cm³/mol. The lowest BCUT2D eigenvalue weighted by atomic mass is 9.66. The number of hydrogen-bond donors (Lipinski definition) is 0. The highest BCUT2D eigenvalue weighted by molar-refractivity contribution is 5.73. The van der Waals surface area contributed by atoms with E-state index in [-0.39, 0.29) is 23.7 Å². The fraction of sp³-hybridized carbons (Fsp3) is 0.800. The topological polar surface area (TPSA) is 100 Å². The van der Waals surface area contributed by atoms with E-state index in [2.05, 4.69) is 21.9 Å². The Morgan fingerprint density at radius 3 is 1.15 bits per heavy atom. The molecule has 0 aromatic heterocycles. The van der Waals surface area contributed by atoms with Gasteiger partial charge in [-0.05, 0) is 37.5 Å². The van der Waals surface area contributed by atoms with Gasteiger partial charge in [-0.2, -0.15) is 10.5 Å². The first kappa shape index (κ1) is 23.9. The first-order chi connectivity index (χ1) is 11.6. The van der Waals surface area contributed by atoms with E-state index in [4.69, 9.17) is 0 Å². The standard InChI is InChI=1S/C20H32N2O4/c1-17(2,3)19(7,13-21)11-9-15(23)25-26-16(24)10-12-20(8,14-22)18(4,5)6/h9-12H2,1-8H3. The van der Waals surface area contributed by atoms with Crippen LogP contribution in [-0.4, -0.2) is 11.9 Å². The van der Waals surface area contributed by atoms with Crippen molar-refractivity contribution in [3.8, 4) is 12.1 Å². The second kappa shape index (κ2) is 8.54. The molecule has 0 amide bonds. The Morgan fingerprint density at radius 1 is 0.692 bits per heavy atom. The number of nitriles is 2. The van der Waals surface area contributed by atoms with Gasteiger partial charge in [0.1, 0.15) is 0 Å². The molecule has 146 valence electrons. The van der Waals surface area contributed by atoms with Gasteiger partial charge < -0.3 is 0 Å². The molecule has 0 fully saturated rings. The van der Waals surface area contributed by atoms with E-state index < -0.39 is 22.8 Å². The first-order valence-corrected chi connectivity index (χ1v) is 8.84. The molecule has 0 spiro atoms.